The molecule has 7 nitrogen and oxygen atoms in total. The van der Waals surface area contributed by atoms with Crippen LogP contribution in [-0.4, -0.2) is 48.2 Å². The summed E-state index contributed by atoms with van der Waals surface area (Å²) in [6.07, 6.45) is 0.163. The maximum Gasteiger partial charge on any atom is 0.498 e. The molecule has 4 aromatic carbocycles. The van der Waals surface area contributed by atoms with Gasteiger partial charge in [-0.25, -0.2) is 9.59 Å². The van der Waals surface area contributed by atoms with E-state index in [4.69, 9.17) is 18.8 Å². The largest absolute Gasteiger partial charge is 0.498 e. The van der Waals surface area contributed by atoms with Gasteiger partial charge in [0.2, 0.25) is 0 Å². The van der Waals surface area contributed by atoms with Gasteiger partial charge in [0.05, 0.1) is 17.4 Å². The Kier molecular flexibility index (Phi) is 11.0. The Morgan fingerprint density at radius 1 is 0.755 bits per heavy atom. The second kappa shape index (κ2) is 14.9. The molecule has 0 aromatic heterocycles. The Bertz CT molecular complexity index is 1650. The van der Waals surface area contributed by atoms with Crippen molar-refractivity contribution < 1.29 is 28.4 Å². The summed E-state index contributed by atoms with van der Waals surface area (Å²) in [6, 6.07) is 37.7. The van der Waals surface area contributed by atoms with Gasteiger partial charge in [-0.3, -0.25) is 0 Å². The van der Waals surface area contributed by atoms with Gasteiger partial charge in [0.1, 0.15) is 41.4 Å². The van der Waals surface area contributed by atoms with Crippen LogP contribution in [0.5, 0.6) is 0 Å². The molecule has 1 unspecified atom stereocenters. The molecule has 0 radical (unpaired) electrons. The van der Waals surface area contributed by atoms with Crippen molar-refractivity contribution in [3.8, 4) is 0 Å². The quantitative estimate of drug-likeness (QED) is 0.114. The van der Waals surface area contributed by atoms with Gasteiger partial charge in [-0.1, -0.05) is 84.9 Å². The first-order chi connectivity index (χ1) is 23.2. The van der Waals surface area contributed by atoms with Gasteiger partial charge >= 0.3 is 19.2 Å². The first kappa shape index (κ1) is 36.3. The zero-order valence-electron chi connectivity index (χ0n) is 29.6. The fraction of sp³-hybridized carbons (Fsp3) is 0.350. The highest BCUT2D eigenvalue weighted by Crippen LogP contribution is 2.56. The number of benzene rings is 4. The minimum atomic E-state index is -2.54. The Morgan fingerprint density at radius 3 is 1.78 bits per heavy atom. The average molecular weight is 681 g/mol. The van der Waals surface area contributed by atoms with Gasteiger partial charge < -0.3 is 24.1 Å². The van der Waals surface area contributed by atoms with Crippen molar-refractivity contribution in [2.24, 2.45) is 0 Å². The molecule has 0 aliphatic carbocycles. The SMILES string of the molecule is CC(C)(C)OC(=O)NC(CC[P+](c1ccccc1)(c1ccccc1)c1ccccc1B1OC(C)(C)C(C)(C)O1)C(=O)OCc1ccccc1. The number of nitrogens with one attached hydrogen (secondary N) is 1. The molecule has 0 saturated carbocycles. The van der Waals surface area contributed by atoms with E-state index in [-0.39, 0.29) is 6.61 Å². The van der Waals surface area contributed by atoms with Crippen LogP contribution in [0.3, 0.4) is 0 Å². The smallest absolute Gasteiger partial charge is 0.459 e. The highest BCUT2D eigenvalue weighted by atomic mass is 31.2. The van der Waals surface area contributed by atoms with Crippen LogP contribution in [0.25, 0.3) is 0 Å². The third kappa shape index (κ3) is 8.44. The number of amides is 1. The van der Waals surface area contributed by atoms with Crippen LogP contribution in [0.2, 0.25) is 0 Å². The Morgan fingerprint density at radius 2 is 1.24 bits per heavy atom. The number of hydrogen-bond donors (Lipinski definition) is 1. The number of esters is 1. The average Bonchev–Trinajstić information content (AvgIpc) is 3.30. The van der Waals surface area contributed by atoms with Crippen LogP contribution < -0.4 is 26.7 Å². The molecular formula is C40H48BNO6P+. The molecule has 1 aliphatic rings. The summed E-state index contributed by atoms with van der Waals surface area (Å²) in [5.41, 5.74) is 0.00563. The third-order valence-corrected chi connectivity index (χ3v) is 13.7. The van der Waals surface area contributed by atoms with E-state index in [0.717, 1.165) is 26.9 Å². The number of carbonyl (C=O) groups is 2. The van der Waals surface area contributed by atoms with Crippen LogP contribution >= 0.6 is 7.26 Å². The molecule has 1 aliphatic heterocycles. The maximum absolute atomic E-state index is 13.8. The van der Waals surface area contributed by atoms with Gasteiger partial charge in [-0.15, -0.1) is 0 Å². The minimum absolute atomic E-state index is 0.0919. The summed E-state index contributed by atoms with van der Waals surface area (Å²) in [6.45, 7) is 13.7. The van der Waals surface area contributed by atoms with Crippen molar-refractivity contribution in [2.45, 2.75) is 84.3 Å². The summed E-state index contributed by atoms with van der Waals surface area (Å²) in [4.78, 5) is 27.0. The first-order valence-electron chi connectivity index (χ1n) is 16.9. The van der Waals surface area contributed by atoms with E-state index in [1.807, 2.05) is 48.5 Å². The Hall–Kier alpha value is -3.97. The molecule has 5 rings (SSSR count). The van der Waals surface area contributed by atoms with Crippen LogP contribution in [0, 0.1) is 0 Å². The fourth-order valence-electron chi connectivity index (χ4n) is 6.03. The zero-order chi connectivity index (χ0) is 35.3. The molecule has 1 atom stereocenters. The summed E-state index contributed by atoms with van der Waals surface area (Å²) in [5, 5.41) is 6.23. The maximum atomic E-state index is 13.8. The number of hydrogen-bond acceptors (Lipinski definition) is 6. The van der Waals surface area contributed by atoms with Crippen LogP contribution in [-0.2, 0) is 30.2 Å². The van der Waals surface area contributed by atoms with E-state index in [1.165, 1.54) is 0 Å². The van der Waals surface area contributed by atoms with E-state index < -0.39 is 49.3 Å². The molecular weight excluding hydrogens is 632 g/mol. The van der Waals surface area contributed by atoms with Crippen molar-refractivity contribution in [3.63, 3.8) is 0 Å². The van der Waals surface area contributed by atoms with Gasteiger partial charge in [-0.2, -0.15) is 0 Å². The highest BCUT2D eigenvalue weighted by Gasteiger charge is 2.56. The molecule has 1 N–H and O–H groups in total. The summed E-state index contributed by atoms with van der Waals surface area (Å²) < 4.78 is 24.7. The lowest BCUT2D eigenvalue weighted by molar-refractivity contribution is -0.147. The number of carbonyl (C=O) groups excluding carboxylic acids is 2. The monoisotopic (exact) mass is 680 g/mol. The predicted molar refractivity (Wildman–Crippen MR) is 200 cm³/mol. The van der Waals surface area contributed by atoms with Gasteiger partial charge in [-0.05, 0) is 84.4 Å². The van der Waals surface area contributed by atoms with Crippen LogP contribution in [0.4, 0.5) is 4.79 Å². The lowest BCUT2D eigenvalue weighted by Gasteiger charge is -2.32. The molecule has 256 valence electrons. The van der Waals surface area contributed by atoms with Gasteiger partial charge in [0.25, 0.3) is 0 Å². The lowest BCUT2D eigenvalue weighted by Crippen LogP contribution is -2.50. The third-order valence-electron chi connectivity index (χ3n) is 9.20. The zero-order valence-corrected chi connectivity index (χ0v) is 30.5. The predicted octanol–water partition coefficient (Wildman–Crippen LogP) is 6.31. The highest BCUT2D eigenvalue weighted by molar-refractivity contribution is 7.96. The molecule has 1 saturated heterocycles. The van der Waals surface area contributed by atoms with Crippen molar-refractivity contribution in [3.05, 3.63) is 121 Å². The van der Waals surface area contributed by atoms with Gasteiger partial charge in [0, 0.05) is 11.9 Å². The topological polar surface area (TPSA) is 83.1 Å². The second-order valence-electron chi connectivity index (χ2n) is 14.4. The first-order valence-corrected chi connectivity index (χ1v) is 18.8. The van der Waals surface area contributed by atoms with Crippen LogP contribution in [0.1, 0.15) is 60.5 Å². The molecule has 49 heavy (non-hydrogen) atoms. The van der Waals surface area contributed by atoms with Gasteiger partial charge in [0.15, 0.2) is 0 Å². The van der Waals surface area contributed by atoms with Crippen molar-refractivity contribution in [1.29, 1.82) is 0 Å². The second-order valence-corrected chi connectivity index (χ2v) is 18.0. The molecule has 0 bridgehead atoms. The molecule has 1 amide bonds. The van der Waals surface area contributed by atoms with E-state index in [0.29, 0.717) is 12.6 Å². The number of alkyl carbamates (subject to hydrolysis) is 1. The molecule has 0 spiro atoms. The van der Waals surface area contributed by atoms with Crippen LogP contribution in [0.15, 0.2) is 115 Å². The Labute approximate surface area is 292 Å². The molecule has 1 fully saturated rings. The summed E-state index contributed by atoms with van der Waals surface area (Å²) >= 11 is 0. The molecule has 4 aromatic rings. The lowest BCUT2D eigenvalue weighted by atomic mass is 9.79. The Balaban J connectivity index is 1.60. The fourth-order valence-corrected chi connectivity index (χ4v) is 10.6. The number of ether oxygens (including phenoxy) is 2. The van der Waals surface area contributed by atoms with E-state index in [9.17, 15) is 9.59 Å². The molecule has 9 heteroatoms. The van der Waals surface area contributed by atoms with Crippen molar-refractivity contribution in [2.75, 3.05) is 6.16 Å². The molecule has 1 heterocycles. The van der Waals surface area contributed by atoms with E-state index >= 15 is 0 Å². The number of rotatable bonds is 11. The summed E-state index contributed by atoms with van der Waals surface area (Å²) in [5.74, 6) is -0.520. The van der Waals surface area contributed by atoms with Crippen molar-refractivity contribution in [1.82, 2.24) is 5.32 Å². The standard InChI is InChI=1S/C40H47BNO6P/c1-38(2,3)46-37(44)42-34(36(43)45-29-30-19-11-8-12-20-30)27-28-49(31-21-13-9-14-22-31,32-23-15-10-16-24-32)35-26-18-17-25-33(35)41-47-39(4,5)40(6,7)48-41/h8-26,34H,27-29H2,1-7H3/p+1. The van der Waals surface area contributed by atoms with Crippen molar-refractivity contribution >= 4 is 47.8 Å². The van der Waals surface area contributed by atoms with E-state index in [1.54, 1.807) is 20.8 Å². The normalized spacial score (nSPS) is 16.1. The van der Waals surface area contributed by atoms with E-state index in [2.05, 4.69) is 99.7 Å². The summed E-state index contributed by atoms with van der Waals surface area (Å²) in [7, 11) is -3.14. The minimum Gasteiger partial charge on any atom is -0.459 e.